The Morgan fingerprint density at radius 2 is 1.77 bits per heavy atom. The molecule has 0 aliphatic heterocycles. The fraction of sp³-hybridized carbons (Fsp3) is 0.455. The van der Waals surface area contributed by atoms with Gasteiger partial charge in [0.2, 0.25) is 0 Å². The Morgan fingerprint density at radius 1 is 1.23 bits per heavy atom. The summed E-state index contributed by atoms with van der Waals surface area (Å²) in [6, 6.07) is 7.05. The Balaban J connectivity index is 0.000000251. The highest BCUT2D eigenvalue weighted by Gasteiger charge is 2.25. The van der Waals surface area contributed by atoms with E-state index in [2.05, 4.69) is 5.32 Å². The van der Waals surface area contributed by atoms with Crippen molar-refractivity contribution >= 4 is 0 Å². The first kappa shape index (κ1) is 10.2. The van der Waals surface area contributed by atoms with Gasteiger partial charge >= 0.3 is 0 Å². The summed E-state index contributed by atoms with van der Waals surface area (Å²) in [6.45, 7) is 0. The van der Waals surface area contributed by atoms with Crippen molar-refractivity contribution in [2.75, 3.05) is 14.1 Å². The van der Waals surface area contributed by atoms with Gasteiger partial charge in [0, 0.05) is 0 Å². The molecule has 1 aliphatic rings. The van der Waals surface area contributed by atoms with Crippen molar-refractivity contribution < 1.29 is 4.39 Å². The van der Waals surface area contributed by atoms with Gasteiger partial charge in [0.05, 0.1) is 0 Å². The molecule has 0 radical (unpaired) electrons. The molecule has 1 fully saturated rings. The highest BCUT2D eigenvalue weighted by molar-refractivity contribution is 5.25. The Hall–Kier alpha value is -0.890. The van der Waals surface area contributed by atoms with E-state index in [9.17, 15) is 4.39 Å². The van der Waals surface area contributed by atoms with Crippen molar-refractivity contribution in [1.82, 2.24) is 5.32 Å². The maximum atomic E-state index is 12.9. The molecule has 1 aromatic rings. The number of rotatable bonds is 1. The number of benzene rings is 1. The number of nitrogens with one attached hydrogen (secondary N) is 1. The molecule has 0 aromatic heterocycles. The average Bonchev–Trinajstić information content (AvgIpc) is 2.89. The fourth-order valence-electron chi connectivity index (χ4n) is 1.20. The van der Waals surface area contributed by atoms with Crippen LogP contribution in [0.5, 0.6) is 0 Å². The van der Waals surface area contributed by atoms with Gasteiger partial charge in [-0.3, -0.25) is 0 Å². The lowest BCUT2D eigenvalue weighted by molar-refractivity contribution is 0.611. The summed E-state index contributed by atoms with van der Waals surface area (Å²) in [5, 5.41) is 2.75. The molecule has 1 aromatic carbocycles. The molecule has 0 atom stereocenters. The summed E-state index contributed by atoms with van der Waals surface area (Å²) in [7, 11) is 3.75. The molecule has 2 rings (SSSR count). The van der Waals surface area contributed by atoms with Crippen LogP contribution in [0.2, 0.25) is 0 Å². The highest BCUT2D eigenvalue weighted by atomic mass is 19.1. The van der Waals surface area contributed by atoms with E-state index in [-0.39, 0.29) is 5.82 Å². The molecule has 0 heterocycles. The van der Waals surface area contributed by atoms with E-state index in [4.69, 9.17) is 0 Å². The van der Waals surface area contributed by atoms with Crippen molar-refractivity contribution in [1.29, 1.82) is 0 Å². The van der Waals surface area contributed by atoms with E-state index in [1.54, 1.807) is 6.07 Å². The largest absolute Gasteiger partial charge is 0.323 e. The van der Waals surface area contributed by atoms with Crippen LogP contribution in [0.15, 0.2) is 24.3 Å². The molecule has 0 amide bonds. The lowest BCUT2D eigenvalue weighted by atomic mass is 10.1. The first-order valence-electron chi connectivity index (χ1n) is 4.62. The maximum absolute atomic E-state index is 12.9. The Bertz CT molecular complexity index is 256. The monoisotopic (exact) mass is 181 g/mol. The van der Waals surface area contributed by atoms with Gasteiger partial charge in [0.1, 0.15) is 5.82 Å². The second-order valence-corrected chi connectivity index (χ2v) is 3.30. The molecular formula is C11H16FN. The third-order valence-corrected chi connectivity index (χ3v) is 1.92. The zero-order valence-electron chi connectivity index (χ0n) is 8.18. The summed E-state index contributed by atoms with van der Waals surface area (Å²) in [4.78, 5) is 0. The molecule has 13 heavy (non-hydrogen) atoms. The summed E-state index contributed by atoms with van der Waals surface area (Å²) in [6.07, 6.45) is 2.34. The summed E-state index contributed by atoms with van der Waals surface area (Å²) in [5.41, 5.74) is 0.905. The fourth-order valence-corrected chi connectivity index (χ4v) is 1.20. The molecule has 1 aliphatic carbocycles. The van der Waals surface area contributed by atoms with Gasteiger partial charge < -0.3 is 5.32 Å². The Morgan fingerprint density at radius 3 is 2.23 bits per heavy atom. The van der Waals surface area contributed by atoms with Gasteiger partial charge in [-0.2, -0.15) is 0 Å². The number of halogens is 1. The van der Waals surface area contributed by atoms with E-state index >= 15 is 0 Å². The third kappa shape index (κ3) is 3.15. The lowest BCUT2D eigenvalue weighted by Gasteiger charge is -1.96. The van der Waals surface area contributed by atoms with E-state index in [1.807, 2.05) is 26.2 Å². The summed E-state index contributed by atoms with van der Waals surface area (Å²) < 4.78 is 12.9. The van der Waals surface area contributed by atoms with Crippen LogP contribution in [-0.2, 0) is 0 Å². The van der Waals surface area contributed by atoms with Crippen LogP contribution in [-0.4, -0.2) is 14.1 Å². The molecule has 1 saturated carbocycles. The van der Waals surface area contributed by atoms with Crippen molar-refractivity contribution in [2.45, 2.75) is 18.8 Å². The zero-order chi connectivity index (χ0) is 9.68. The molecule has 0 bridgehead atoms. The summed E-state index contributed by atoms with van der Waals surface area (Å²) >= 11 is 0. The van der Waals surface area contributed by atoms with Gasteiger partial charge in [-0.25, -0.2) is 4.39 Å². The minimum absolute atomic E-state index is 0.0370. The minimum Gasteiger partial charge on any atom is -0.323 e. The second-order valence-electron chi connectivity index (χ2n) is 3.30. The van der Waals surface area contributed by atoms with Crippen LogP contribution >= 0.6 is 0 Å². The van der Waals surface area contributed by atoms with Crippen molar-refractivity contribution in [3.63, 3.8) is 0 Å². The van der Waals surface area contributed by atoms with E-state index in [0.717, 1.165) is 5.56 Å². The molecule has 1 nitrogen and oxygen atoms in total. The van der Waals surface area contributed by atoms with Crippen molar-refractivity contribution in [3.05, 3.63) is 35.6 Å². The zero-order valence-corrected chi connectivity index (χ0v) is 8.18. The van der Waals surface area contributed by atoms with Crippen LogP contribution in [0.1, 0.15) is 24.3 Å². The second kappa shape index (κ2) is 4.97. The molecule has 2 heteroatoms. The van der Waals surface area contributed by atoms with Crippen LogP contribution < -0.4 is 5.32 Å². The van der Waals surface area contributed by atoms with Gasteiger partial charge in [0.25, 0.3) is 0 Å². The van der Waals surface area contributed by atoms with E-state index in [1.165, 1.54) is 18.9 Å². The smallest absolute Gasteiger partial charge is 0.126 e. The Labute approximate surface area is 79.0 Å². The van der Waals surface area contributed by atoms with Crippen LogP contribution in [0.3, 0.4) is 0 Å². The molecular weight excluding hydrogens is 165 g/mol. The van der Waals surface area contributed by atoms with Crippen LogP contribution in [0.4, 0.5) is 4.39 Å². The van der Waals surface area contributed by atoms with Crippen molar-refractivity contribution in [2.24, 2.45) is 0 Å². The van der Waals surface area contributed by atoms with Gasteiger partial charge in [-0.05, 0) is 44.5 Å². The molecule has 0 saturated heterocycles. The van der Waals surface area contributed by atoms with Crippen molar-refractivity contribution in [3.8, 4) is 0 Å². The highest BCUT2D eigenvalue weighted by Crippen LogP contribution is 2.40. The van der Waals surface area contributed by atoms with Gasteiger partial charge in [-0.15, -0.1) is 0 Å². The van der Waals surface area contributed by atoms with E-state index in [0.29, 0.717) is 5.92 Å². The molecule has 72 valence electrons. The quantitative estimate of drug-likeness (QED) is 0.702. The third-order valence-electron chi connectivity index (χ3n) is 1.92. The molecule has 0 unspecified atom stereocenters. The van der Waals surface area contributed by atoms with Crippen LogP contribution in [0.25, 0.3) is 0 Å². The van der Waals surface area contributed by atoms with Crippen LogP contribution in [0, 0.1) is 5.82 Å². The molecule has 1 N–H and O–H groups in total. The SMILES string of the molecule is CNC.Fc1ccccc1C1CC1. The predicted molar refractivity (Wildman–Crippen MR) is 53.4 cm³/mol. The Kier molecular flexibility index (Phi) is 3.90. The normalized spacial score (nSPS) is 14.7. The van der Waals surface area contributed by atoms with Gasteiger partial charge in [0.15, 0.2) is 0 Å². The number of hydrogen-bond acceptors (Lipinski definition) is 1. The topological polar surface area (TPSA) is 12.0 Å². The maximum Gasteiger partial charge on any atom is 0.126 e. The lowest BCUT2D eigenvalue weighted by Crippen LogP contribution is -1.89. The van der Waals surface area contributed by atoms with Gasteiger partial charge in [-0.1, -0.05) is 18.2 Å². The standard InChI is InChI=1S/C9H9F.C2H7N/c10-9-4-2-1-3-8(9)7-5-6-7;1-3-2/h1-4,7H,5-6H2;3H,1-2H3. The first-order valence-corrected chi connectivity index (χ1v) is 4.62. The summed E-state index contributed by atoms with van der Waals surface area (Å²) in [5.74, 6) is 0.492. The minimum atomic E-state index is -0.0370. The predicted octanol–water partition coefficient (Wildman–Crippen LogP) is 2.54. The first-order chi connectivity index (χ1) is 6.29. The molecule has 0 spiro atoms. The van der Waals surface area contributed by atoms with E-state index < -0.39 is 0 Å². The number of hydrogen-bond donors (Lipinski definition) is 1. The average molecular weight is 181 g/mol.